The first kappa shape index (κ1) is 12.0. The molecule has 0 fully saturated rings. The van der Waals surface area contributed by atoms with Crippen LogP contribution < -0.4 is 0 Å². The van der Waals surface area contributed by atoms with Crippen LogP contribution in [0, 0.1) is 0 Å². The van der Waals surface area contributed by atoms with Gasteiger partial charge >= 0.3 is 0 Å². The Balaban J connectivity index is 3.54. The maximum absolute atomic E-state index is 12.7. The van der Waals surface area contributed by atoms with Gasteiger partial charge in [-0.3, -0.25) is 4.39 Å². The van der Waals surface area contributed by atoms with E-state index < -0.39 is 6.07 Å². The maximum Gasteiger partial charge on any atom is 0.167 e. The van der Waals surface area contributed by atoms with Crippen molar-refractivity contribution in [1.82, 2.24) is 0 Å². The van der Waals surface area contributed by atoms with E-state index in [1.165, 1.54) is 32.1 Å². The van der Waals surface area contributed by atoms with Gasteiger partial charge in [-0.25, -0.2) is 0 Å². The van der Waals surface area contributed by atoms with E-state index in [0.29, 0.717) is 5.82 Å². The lowest BCUT2D eigenvalue weighted by molar-refractivity contribution is 0.458. The van der Waals surface area contributed by atoms with E-state index in [2.05, 4.69) is 13.8 Å². The summed E-state index contributed by atoms with van der Waals surface area (Å²) in [6.45, 7) is 6.05. The molecule has 0 bridgehead atoms. The molecule has 12 heavy (non-hydrogen) atoms. The molecule has 0 N–H and O–H groups in total. The van der Waals surface area contributed by atoms with E-state index in [4.69, 9.17) is 0 Å². The molecule has 0 rings (SSSR count). The number of rotatable bonds is 7. The Bertz CT molecular complexity index is 93.8. The number of alkyl halides is 1. The molecule has 0 saturated carbocycles. The average molecular weight is 172 g/mol. The van der Waals surface area contributed by atoms with Crippen LogP contribution in [0.3, 0.4) is 0 Å². The van der Waals surface area contributed by atoms with Crippen LogP contribution in [0.5, 0.6) is 0 Å². The minimum absolute atomic E-state index is 0.613. The van der Waals surface area contributed by atoms with Crippen LogP contribution in [-0.2, 0) is 0 Å². The normalized spacial score (nSPS) is 15.7. The smallest absolute Gasteiger partial charge is 0.167 e. The van der Waals surface area contributed by atoms with Crippen molar-refractivity contribution in [3.05, 3.63) is 0 Å². The van der Waals surface area contributed by atoms with Crippen molar-refractivity contribution in [2.45, 2.75) is 64.8 Å². The molecule has 0 nitrogen and oxygen atoms in total. The number of hydrogen-bond acceptors (Lipinski definition) is 0. The molecule has 0 spiro atoms. The second-order valence-corrected chi connectivity index (χ2v) is 3.81. The molecule has 0 radical (unpaired) electrons. The third-order valence-corrected chi connectivity index (χ3v) is 2.32. The van der Waals surface area contributed by atoms with E-state index in [-0.39, 0.29) is 0 Å². The van der Waals surface area contributed by atoms with Crippen molar-refractivity contribution < 1.29 is 4.39 Å². The molecule has 0 amide bonds. The Morgan fingerprint density at radius 2 is 1.83 bits per heavy atom. The first-order valence-corrected chi connectivity index (χ1v) is 5.34. The summed E-state index contributed by atoms with van der Waals surface area (Å²) >= 11 is 0. The van der Waals surface area contributed by atoms with E-state index >= 15 is 0 Å². The highest BCUT2D eigenvalue weighted by Crippen LogP contribution is 2.21. The van der Waals surface area contributed by atoms with Crippen molar-refractivity contribution in [2.75, 3.05) is 0 Å². The van der Waals surface area contributed by atoms with Crippen LogP contribution >= 0.6 is 0 Å². The summed E-state index contributed by atoms with van der Waals surface area (Å²) in [4.78, 5) is 0. The van der Waals surface area contributed by atoms with E-state index in [0.717, 1.165) is 7.28 Å². The third-order valence-electron chi connectivity index (χ3n) is 2.32. The third kappa shape index (κ3) is 6.69. The fourth-order valence-corrected chi connectivity index (χ4v) is 1.74. The van der Waals surface area contributed by atoms with Gasteiger partial charge in [-0.2, -0.15) is 0 Å². The van der Waals surface area contributed by atoms with Crippen molar-refractivity contribution in [1.29, 1.82) is 0 Å². The van der Waals surface area contributed by atoms with Crippen molar-refractivity contribution in [3.63, 3.8) is 0 Å². The van der Waals surface area contributed by atoms with E-state index in [9.17, 15) is 4.39 Å². The zero-order valence-electron chi connectivity index (χ0n) is 8.78. The molecule has 72 valence electrons. The van der Waals surface area contributed by atoms with Gasteiger partial charge < -0.3 is 0 Å². The number of unbranched alkanes of at least 4 members (excludes halogenated alkanes) is 1. The van der Waals surface area contributed by atoms with Gasteiger partial charge in [0.25, 0.3) is 0 Å². The molecule has 0 saturated heterocycles. The fourth-order valence-electron chi connectivity index (χ4n) is 1.74. The van der Waals surface area contributed by atoms with Gasteiger partial charge in [0.2, 0.25) is 0 Å². The number of halogens is 1. The second kappa shape index (κ2) is 7.63. The topological polar surface area (TPSA) is 0 Å². The molecule has 0 aromatic heterocycles. The minimum Gasteiger partial charge on any atom is -0.258 e. The van der Waals surface area contributed by atoms with E-state index in [1.54, 1.807) is 6.92 Å². The van der Waals surface area contributed by atoms with Crippen molar-refractivity contribution in [3.8, 4) is 0 Å². The van der Waals surface area contributed by atoms with Gasteiger partial charge in [0.05, 0.1) is 6.07 Å². The highest BCUT2D eigenvalue weighted by Gasteiger charge is 2.13. The van der Waals surface area contributed by atoms with Crippen LogP contribution in [0.25, 0.3) is 0 Å². The molecule has 0 aliphatic carbocycles. The van der Waals surface area contributed by atoms with Gasteiger partial charge in [-0.1, -0.05) is 51.8 Å². The molecule has 0 aromatic carbocycles. The predicted molar refractivity (Wildman–Crippen MR) is 55.9 cm³/mol. The lowest BCUT2D eigenvalue weighted by Crippen LogP contribution is -2.13. The van der Waals surface area contributed by atoms with Crippen LogP contribution in [0.4, 0.5) is 4.39 Å². The molecular formula is C10H22BF. The standard InChI is InChI=1S/C10H22BF/c1-4-6-8-10(7-5-2)11-9(3)12/h9-11H,4-8H2,1-3H3. The zero-order valence-corrected chi connectivity index (χ0v) is 8.78. The first-order chi connectivity index (χ1) is 5.70. The summed E-state index contributed by atoms with van der Waals surface area (Å²) in [5, 5.41) is 0. The van der Waals surface area contributed by atoms with Crippen molar-refractivity contribution >= 4 is 7.28 Å². The molecule has 2 atom stereocenters. The predicted octanol–water partition coefficient (Wildman–Crippen LogP) is 3.52. The molecule has 0 aliphatic rings. The molecule has 2 heteroatoms. The SMILES string of the molecule is CCCCC(BC(C)F)CCC. The summed E-state index contributed by atoms with van der Waals surface area (Å²) in [5.41, 5.74) is 0. The highest BCUT2D eigenvalue weighted by molar-refractivity contribution is 6.39. The quantitative estimate of drug-likeness (QED) is 0.515. The maximum atomic E-state index is 12.7. The van der Waals surface area contributed by atoms with Crippen LogP contribution in [0.1, 0.15) is 52.9 Å². The zero-order chi connectivity index (χ0) is 9.40. The molecule has 2 unspecified atom stereocenters. The molecule has 0 aliphatic heterocycles. The minimum atomic E-state index is -0.613. The summed E-state index contributed by atoms with van der Waals surface area (Å²) in [6.07, 6.45) is 5.50. The summed E-state index contributed by atoms with van der Waals surface area (Å²) in [6, 6.07) is 0. The van der Waals surface area contributed by atoms with E-state index in [1.807, 2.05) is 0 Å². The Morgan fingerprint density at radius 1 is 1.17 bits per heavy atom. The van der Waals surface area contributed by atoms with Crippen LogP contribution in [0.15, 0.2) is 0 Å². The van der Waals surface area contributed by atoms with Gasteiger partial charge in [-0.05, 0) is 6.92 Å². The molecule has 0 heterocycles. The Kier molecular flexibility index (Phi) is 7.63. The first-order valence-electron chi connectivity index (χ1n) is 5.34. The fraction of sp³-hybridized carbons (Fsp3) is 1.00. The Hall–Kier alpha value is -0.00506. The molecule has 0 aromatic rings. The summed E-state index contributed by atoms with van der Waals surface area (Å²) in [7, 11) is 0.772. The number of hydrogen-bond donors (Lipinski definition) is 0. The van der Waals surface area contributed by atoms with Gasteiger partial charge in [0, 0.05) is 0 Å². The summed E-state index contributed by atoms with van der Waals surface area (Å²) in [5.74, 6) is 0.634. The lowest BCUT2D eigenvalue weighted by atomic mass is 9.58. The van der Waals surface area contributed by atoms with Gasteiger partial charge in [0.1, 0.15) is 0 Å². The highest BCUT2D eigenvalue weighted by atomic mass is 19.1. The Labute approximate surface area is 77.2 Å². The monoisotopic (exact) mass is 172 g/mol. The lowest BCUT2D eigenvalue weighted by Gasteiger charge is -2.14. The summed E-state index contributed by atoms with van der Waals surface area (Å²) < 4.78 is 12.7. The largest absolute Gasteiger partial charge is 0.258 e. The van der Waals surface area contributed by atoms with Crippen LogP contribution in [0.2, 0.25) is 5.82 Å². The van der Waals surface area contributed by atoms with Crippen LogP contribution in [-0.4, -0.2) is 13.4 Å². The van der Waals surface area contributed by atoms with Gasteiger partial charge in [0.15, 0.2) is 7.28 Å². The second-order valence-electron chi connectivity index (χ2n) is 3.81. The Morgan fingerprint density at radius 3 is 2.25 bits per heavy atom. The molecular weight excluding hydrogens is 150 g/mol. The average Bonchev–Trinajstić information content (AvgIpc) is 2.00. The van der Waals surface area contributed by atoms with Crippen molar-refractivity contribution in [2.24, 2.45) is 0 Å². The van der Waals surface area contributed by atoms with Gasteiger partial charge in [-0.15, -0.1) is 0 Å².